The first kappa shape index (κ1) is 50.3. The third-order valence-corrected chi connectivity index (χ3v) is 16.2. The van der Waals surface area contributed by atoms with Crippen LogP contribution in [0.25, 0.3) is 44.1 Å². The van der Waals surface area contributed by atoms with Crippen molar-refractivity contribution in [3.8, 4) is 17.2 Å². The molecule has 9 rings (SSSR count). The molecule has 3 nitrogen and oxygen atoms in total. The number of fused-ring (bicyclic) bond motifs is 2. The van der Waals surface area contributed by atoms with E-state index in [-0.39, 0.29) is 12.1 Å². The third kappa shape index (κ3) is 13.9. The first-order chi connectivity index (χ1) is 31.1. The van der Waals surface area contributed by atoms with Gasteiger partial charge < -0.3 is 28.7 Å². The second kappa shape index (κ2) is 25.7. The van der Waals surface area contributed by atoms with Crippen molar-refractivity contribution in [3.05, 3.63) is 206 Å². The van der Waals surface area contributed by atoms with Crippen molar-refractivity contribution in [2.75, 3.05) is 0 Å². The molecule has 12 heteroatoms. The van der Waals surface area contributed by atoms with Gasteiger partial charge in [0.1, 0.15) is 31.8 Å². The molecular formula is C52H49BClF4N3P2Ru+2. The Morgan fingerprint density at radius 3 is 1.00 bits per heavy atom. The van der Waals surface area contributed by atoms with Gasteiger partial charge in [-0.25, -0.2) is 0 Å². The molecule has 2 unspecified atom stereocenters. The summed E-state index contributed by atoms with van der Waals surface area (Å²) in [6.45, 7) is 1.43. The van der Waals surface area contributed by atoms with E-state index in [1.54, 1.807) is 6.07 Å². The Labute approximate surface area is 391 Å². The van der Waals surface area contributed by atoms with Gasteiger partial charge in [-0.1, -0.05) is 159 Å². The number of rotatable bonds is 7. The van der Waals surface area contributed by atoms with Crippen LogP contribution in [0.2, 0.25) is 0 Å². The quantitative estimate of drug-likeness (QED) is 0.0891. The Morgan fingerprint density at radius 1 is 0.484 bits per heavy atom. The normalized spacial score (nSPS) is 14.3. The average Bonchev–Trinajstić information content (AvgIpc) is 3.32. The molecule has 2 atom stereocenters. The second-order valence-electron chi connectivity index (χ2n) is 14.8. The maximum Gasteiger partial charge on any atom is 0.111 e. The summed E-state index contributed by atoms with van der Waals surface area (Å²) in [5.41, 5.74) is 17.3. The fourth-order valence-corrected chi connectivity index (χ4v) is 13.5. The molecule has 326 valence electrons. The van der Waals surface area contributed by atoms with E-state index in [1.807, 2.05) is 17.3 Å². The topological polar surface area (TPSA) is 71.4 Å². The zero-order valence-corrected chi connectivity index (χ0v) is 39.7. The molecule has 0 saturated heterocycles. The molecule has 8 aromatic rings. The zero-order chi connectivity index (χ0) is 45.9. The minimum atomic E-state index is -6.00. The second-order valence-corrected chi connectivity index (χ2v) is 19.7. The fourth-order valence-electron chi connectivity index (χ4n) is 8.00. The zero-order valence-electron chi connectivity index (χ0n) is 35.2. The van der Waals surface area contributed by atoms with Gasteiger partial charge in [0.25, 0.3) is 0 Å². The first-order valence-corrected chi connectivity index (χ1v) is 26.1. The van der Waals surface area contributed by atoms with E-state index in [1.165, 1.54) is 84.3 Å². The van der Waals surface area contributed by atoms with E-state index < -0.39 is 23.1 Å². The maximum atomic E-state index is 9.75. The van der Waals surface area contributed by atoms with Gasteiger partial charge in [-0.3, -0.25) is 0 Å². The van der Waals surface area contributed by atoms with Gasteiger partial charge in [-0.15, -0.1) is 0 Å². The Bertz CT molecular complexity index is 2420. The number of nitrogens with zero attached hydrogens (tertiary/aromatic N) is 1. The van der Waals surface area contributed by atoms with E-state index in [2.05, 4.69) is 204 Å². The first-order valence-electron chi connectivity index (χ1n) is 20.8. The number of hydrogen-bond acceptors (Lipinski definition) is 1. The molecule has 0 spiro atoms. The summed E-state index contributed by atoms with van der Waals surface area (Å²) in [4.78, 5) is 0. The predicted octanol–water partition coefficient (Wildman–Crippen LogP) is 13.6. The molecule has 2 N–H and O–H groups in total. The minimum absolute atomic E-state index is 0.0799. The van der Waals surface area contributed by atoms with E-state index in [9.17, 15) is 17.3 Å². The largest absolute Gasteiger partial charge is 0.676 e. The molecule has 1 aliphatic rings. The molecule has 0 aliphatic heterocycles. The number of benzene rings is 8. The summed E-state index contributed by atoms with van der Waals surface area (Å²) in [7, 11) is -4.17. The predicted molar refractivity (Wildman–Crippen MR) is 269 cm³/mol. The monoisotopic (exact) mass is 1000 g/mol. The van der Waals surface area contributed by atoms with Crippen LogP contribution in [-0.2, 0) is 17.3 Å². The molecule has 1 fully saturated rings. The van der Waals surface area contributed by atoms with Gasteiger partial charge >= 0.3 is 34.3 Å². The molecule has 1 aliphatic carbocycles. The molecule has 0 heterocycles. The van der Waals surface area contributed by atoms with Crippen LogP contribution in [0, 0.1) is 11.3 Å². The molecular weight excluding hydrogens is 952 g/mol. The number of hydrogen-bond donors (Lipinski definition) is 0. The van der Waals surface area contributed by atoms with Crippen LogP contribution >= 0.6 is 25.5 Å². The van der Waals surface area contributed by atoms with Gasteiger partial charge in [-0.05, 0) is 82.2 Å². The third-order valence-electron chi connectivity index (χ3n) is 10.7. The number of nitriles is 1. The average molecular weight is 1000 g/mol. The Kier molecular flexibility index (Phi) is 20.1. The van der Waals surface area contributed by atoms with Crippen LogP contribution in [0.15, 0.2) is 194 Å². The van der Waals surface area contributed by atoms with Crippen molar-refractivity contribution >= 4 is 86.2 Å². The maximum absolute atomic E-state index is 9.75. The van der Waals surface area contributed by atoms with Gasteiger partial charge in [0.15, 0.2) is 0 Å². The molecule has 0 radical (unpaired) electrons. The van der Waals surface area contributed by atoms with Crippen molar-refractivity contribution in [2.24, 2.45) is 0 Å². The van der Waals surface area contributed by atoms with Gasteiger partial charge in [-0.2, -0.15) is 17.3 Å². The summed E-state index contributed by atoms with van der Waals surface area (Å²) in [5, 5.41) is 20.9. The summed E-state index contributed by atoms with van der Waals surface area (Å²) in [5.74, 6) is 0. The molecule has 64 heavy (non-hydrogen) atoms. The number of halogens is 5. The van der Waals surface area contributed by atoms with E-state index in [0.717, 1.165) is 12.8 Å². The SMILES string of the molecule is CC#N.F[B-](F)(F)F.[Cl][Ru+3].[NH-]C1CCCCC1[NH-].c1ccc([PH+](c2ccccc2)c2ccc3ccccc3c2-c2c([PH+](c3ccccc3)c3ccccc3)ccc3ccccc23)cc1. The minimum Gasteiger partial charge on any atom is -0.676 e. The summed E-state index contributed by atoms with van der Waals surface area (Å²) >= 11 is 1.82. The van der Waals surface area contributed by atoms with Crippen molar-refractivity contribution in [3.63, 3.8) is 0 Å². The fraction of sp³-hybridized carbons (Fsp3) is 0.135. The van der Waals surface area contributed by atoms with Crippen LogP contribution < -0.4 is 31.8 Å². The van der Waals surface area contributed by atoms with Crippen LogP contribution in [0.5, 0.6) is 0 Å². The van der Waals surface area contributed by atoms with E-state index >= 15 is 0 Å². The standard InChI is InChI=1S/C44H32P2.C6H12N2.C2H3N.BF4.ClH.Ru/c1-5-19-35(20-6-1)45(36-21-7-2-8-22-36)41-31-29-33-17-13-15-27-39(33)43(41)44-40-28-16-14-18-34(40)30-32-42(44)46(37-23-9-3-10-24-37)38-25-11-4-12-26-38;7-5-3-1-2-4-6(5)8;1-2-3;2-1(3,4)5;;/h1-32H;5-8H,1-4H2;1H3;;1H;/q;-2;;-1;;+4/p+1. The van der Waals surface area contributed by atoms with Crippen LogP contribution in [0.4, 0.5) is 17.3 Å². The summed E-state index contributed by atoms with van der Waals surface area (Å²) in [6, 6.07) is 73.8. The summed E-state index contributed by atoms with van der Waals surface area (Å²) in [6.07, 6.45) is 4.25. The Morgan fingerprint density at radius 2 is 0.734 bits per heavy atom. The van der Waals surface area contributed by atoms with Crippen LogP contribution in [0.3, 0.4) is 0 Å². The van der Waals surface area contributed by atoms with E-state index in [4.69, 9.17) is 16.7 Å². The van der Waals surface area contributed by atoms with Crippen molar-refractivity contribution in [2.45, 2.75) is 44.7 Å². The molecule has 8 aromatic carbocycles. The summed E-state index contributed by atoms with van der Waals surface area (Å²) < 4.78 is 39.0. The molecule has 0 amide bonds. The van der Waals surface area contributed by atoms with Crippen LogP contribution in [-0.4, -0.2) is 19.3 Å². The number of nitrogens with one attached hydrogen (secondary N) is 2. The van der Waals surface area contributed by atoms with Gasteiger partial charge in [0, 0.05) is 18.1 Å². The van der Waals surface area contributed by atoms with Gasteiger partial charge in [0.2, 0.25) is 0 Å². The van der Waals surface area contributed by atoms with Crippen LogP contribution in [0.1, 0.15) is 32.6 Å². The van der Waals surface area contributed by atoms with Crippen molar-refractivity contribution in [1.82, 2.24) is 0 Å². The molecule has 1 saturated carbocycles. The van der Waals surface area contributed by atoms with Crippen molar-refractivity contribution < 1.29 is 34.6 Å². The molecule has 0 bridgehead atoms. The van der Waals surface area contributed by atoms with Gasteiger partial charge in [0.05, 0.1) is 21.9 Å². The van der Waals surface area contributed by atoms with Crippen molar-refractivity contribution in [1.29, 1.82) is 5.26 Å². The Hall–Kier alpha value is -4.75. The molecule has 0 aromatic heterocycles. The Balaban J connectivity index is 0.000000363. The van der Waals surface area contributed by atoms with E-state index in [0.29, 0.717) is 0 Å². The smallest absolute Gasteiger partial charge is 0.111 e.